The second-order valence-electron chi connectivity index (χ2n) is 1.73. The molecule has 0 radical (unpaired) electrons. The molecule has 0 spiro atoms. The van der Waals surface area contributed by atoms with Gasteiger partial charge < -0.3 is 9.84 Å². The van der Waals surface area contributed by atoms with Gasteiger partial charge in [-0.1, -0.05) is 13.3 Å². The maximum atomic E-state index is 10.2. The first-order valence-electron chi connectivity index (χ1n) is 3.07. The van der Waals surface area contributed by atoms with Crippen LogP contribution in [0.4, 0.5) is 0 Å². The number of carbonyl (C=O) groups excluding carboxylic acids is 1. The van der Waals surface area contributed by atoms with Crippen LogP contribution in [-0.2, 0) is 31.2 Å². The number of aliphatic hydroxyl groups excluding tert-OH is 1. The Hall–Kier alpha value is 0.144. The number of aliphatic hydroxyl groups is 1. The molecular weight excluding hydrogens is 168 g/mol. The molecule has 0 aromatic heterocycles. The van der Waals surface area contributed by atoms with Crippen LogP contribution in [0.1, 0.15) is 19.8 Å². The van der Waals surface area contributed by atoms with Crippen molar-refractivity contribution in [3.05, 3.63) is 0 Å². The third-order valence-electron chi connectivity index (χ3n) is 0.890. The van der Waals surface area contributed by atoms with Gasteiger partial charge in [-0.15, -0.1) is 0 Å². The van der Waals surface area contributed by atoms with Crippen molar-refractivity contribution in [3.8, 4) is 0 Å². The molecule has 0 aliphatic heterocycles. The standard InChI is InChI=1S/C6H12O3.Ti/c1-2-3-4-9-6(8)5-7;/h7H,2-5H2,1H3;. The van der Waals surface area contributed by atoms with E-state index in [2.05, 4.69) is 4.74 Å². The van der Waals surface area contributed by atoms with Crippen molar-refractivity contribution in [3.63, 3.8) is 0 Å². The zero-order valence-electron chi connectivity index (χ0n) is 6.09. The number of unbranched alkanes of at least 4 members (excludes halogenated alkanes) is 1. The normalized spacial score (nSPS) is 8.20. The number of hydrogen-bond donors (Lipinski definition) is 1. The van der Waals surface area contributed by atoms with E-state index < -0.39 is 12.6 Å². The van der Waals surface area contributed by atoms with Crippen molar-refractivity contribution in [1.29, 1.82) is 0 Å². The number of ether oxygens (including phenoxy) is 1. The van der Waals surface area contributed by atoms with E-state index in [9.17, 15) is 4.79 Å². The summed E-state index contributed by atoms with van der Waals surface area (Å²) in [6.45, 7) is 1.92. The van der Waals surface area contributed by atoms with E-state index in [4.69, 9.17) is 5.11 Å². The van der Waals surface area contributed by atoms with E-state index in [0.717, 1.165) is 12.8 Å². The van der Waals surface area contributed by atoms with Crippen LogP contribution in [0.2, 0.25) is 0 Å². The molecule has 0 unspecified atom stereocenters. The van der Waals surface area contributed by atoms with Crippen LogP contribution in [-0.4, -0.2) is 24.3 Å². The van der Waals surface area contributed by atoms with E-state index in [1.807, 2.05) is 6.92 Å². The second-order valence-corrected chi connectivity index (χ2v) is 1.73. The summed E-state index contributed by atoms with van der Waals surface area (Å²) < 4.78 is 4.54. The molecule has 0 bridgehead atoms. The molecule has 0 aliphatic carbocycles. The zero-order chi connectivity index (χ0) is 7.11. The molecule has 4 heteroatoms. The van der Waals surface area contributed by atoms with Crippen molar-refractivity contribution in [2.45, 2.75) is 19.8 Å². The van der Waals surface area contributed by atoms with E-state index in [1.54, 1.807) is 0 Å². The van der Waals surface area contributed by atoms with Crippen molar-refractivity contribution in [1.82, 2.24) is 0 Å². The molecule has 0 aliphatic rings. The van der Waals surface area contributed by atoms with Crippen molar-refractivity contribution < 1.29 is 36.4 Å². The monoisotopic (exact) mass is 180 g/mol. The molecule has 0 saturated heterocycles. The smallest absolute Gasteiger partial charge is 0.331 e. The Morgan fingerprint density at radius 2 is 2.20 bits per heavy atom. The number of hydrogen-bond acceptors (Lipinski definition) is 3. The van der Waals surface area contributed by atoms with Crippen LogP contribution >= 0.6 is 0 Å². The third kappa shape index (κ3) is 8.14. The van der Waals surface area contributed by atoms with Crippen LogP contribution in [0.25, 0.3) is 0 Å². The minimum absolute atomic E-state index is 0. The molecule has 0 heterocycles. The topological polar surface area (TPSA) is 46.5 Å². The molecule has 0 aromatic rings. The van der Waals surface area contributed by atoms with E-state index >= 15 is 0 Å². The fraction of sp³-hybridized carbons (Fsp3) is 0.833. The predicted molar refractivity (Wildman–Crippen MR) is 33.0 cm³/mol. The van der Waals surface area contributed by atoms with Gasteiger partial charge in [0.15, 0.2) is 0 Å². The predicted octanol–water partition coefficient (Wildman–Crippen LogP) is 0.320. The first-order chi connectivity index (χ1) is 4.31. The average molecular weight is 180 g/mol. The maximum absolute atomic E-state index is 10.2. The van der Waals surface area contributed by atoms with Gasteiger partial charge in [-0.25, -0.2) is 4.79 Å². The summed E-state index contributed by atoms with van der Waals surface area (Å²) >= 11 is 0. The van der Waals surface area contributed by atoms with Crippen LogP contribution in [0.15, 0.2) is 0 Å². The Balaban J connectivity index is 0. The fourth-order valence-corrected chi connectivity index (χ4v) is 0.376. The summed E-state index contributed by atoms with van der Waals surface area (Å²) in [5, 5.41) is 8.16. The van der Waals surface area contributed by atoms with Crippen molar-refractivity contribution in [2.24, 2.45) is 0 Å². The molecule has 0 aromatic carbocycles. The largest absolute Gasteiger partial charge is 0.464 e. The molecule has 0 saturated carbocycles. The SMILES string of the molecule is CCCCOC(=O)CO.[Ti]. The summed E-state index contributed by atoms with van der Waals surface area (Å²) in [7, 11) is 0. The number of esters is 1. The van der Waals surface area contributed by atoms with E-state index in [0.29, 0.717) is 6.61 Å². The molecule has 1 N–H and O–H groups in total. The van der Waals surface area contributed by atoms with Crippen LogP contribution in [0.3, 0.4) is 0 Å². The van der Waals surface area contributed by atoms with Crippen molar-refractivity contribution in [2.75, 3.05) is 13.2 Å². The minimum atomic E-state index is -0.538. The van der Waals surface area contributed by atoms with Crippen LogP contribution in [0.5, 0.6) is 0 Å². The second kappa shape index (κ2) is 9.14. The summed E-state index contributed by atoms with van der Waals surface area (Å²) in [4.78, 5) is 10.2. The van der Waals surface area contributed by atoms with Gasteiger partial charge in [0.2, 0.25) is 0 Å². The quantitative estimate of drug-likeness (QED) is 0.385. The summed E-state index contributed by atoms with van der Waals surface area (Å²) in [5.74, 6) is -0.538. The first-order valence-corrected chi connectivity index (χ1v) is 3.07. The van der Waals surface area contributed by atoms with Gasteiger partial charge in [0.05, 0.1) is 6.61 Å². The molecule has 0 atom stereocenters. The maximum Gasteiger partial charge on any atom is 0.331 e. The van der Waals surface area contributed by atoms with Crippen LogP contribution < -0.4 is 0 Å². The van der Waals surface area contributed by atoms with Gasteiger partial charge in [-0.05, 0) is 6.42 Å². The first kappa shape index (κ1) is 12.8. The zero-order valence-corrected chi connectivity index (χ0v) is 7.65. The number of carbonyl (C=O) groups is 1. The van der Waals surface area contributed by atoms with Gasteiger partial charge >= 0.3 is 5.97 Å². The van der Waals surface area contributed by atoms with E-state index in [-0.39, 0.29) is 21.7 Å². The molecular formula is C6H12O3Ti. The summed E-state index contributed by atoms with van der Waals surface area (Å²) in [6, 6.07) is 0. The third-order valence-corrected chi connectivity index (χ3v) is 0.890. The van der Waals surface area contributed by atoms with Gasteiger partial charge in [0, 0.05) is 21.7 Å². The van der Waals surface area contributed by atoms with Gasteiger partial charge in [0.25, 0.3) is 0 Å². The molecule has 3 nitrogen and oxygen atoms in total. The number of rotatable bonds is 4. The Morgan fingerprint density at radius 3 is 2.60 bits per heavy atom. The van der Waals surface area contributed by atoms with Gasteiger partial charge in [0.1, 0.15) is 6.61 Å². The minimum Gasteiger partial charge on any atom is -0.464 e. The summed E-state index contributed by atoms with van der Waals surface area (Å²) in [6.07, 6.45) is 1.87. The molecule has 10 heavy (non-hydrogen) atoms. The fourth-order valence-electron chi connectivity index (χ4n) is 0.376. The van der Waals surface area contributed by atoms with E-state index in [1.165, 1.54) is 0 Å². The molecule has 0 rings (SSSR count). The van der Waals surface area contributed by atoms with Crippen LogP contribution in [0, 0.1) is 0 Å². The molecule has 0 fully saturated rings. The van der Waals surface area contributed by atoms with Gasteiger partial charge in [-0.2, -0.15) is 0 Å². The summed E-state index contributed by atoms with van der Waals surface area (Å²) in [5.41, 5.74) is 0. The van der Waals surface area contributed by atoms with Gasteiger partial charge in [-0.3, -0.25) is 0 Å². The molecule has 0 amide bonds. The molecule has 58 valence electrons. The average Bonchev–Trinajstić information content (AvgIpc) is 1.89. The Labute approximate surface area is 75.6 Å². The van der Waals surface area contributed by atoms with Crippen molar-refractivity contribution >= 4 is 5.97 Å². The Morgan fingerprint density at radius 1 is 1.60 bits per heavy atom. The Kier molecular flexibility index (Phi) is 11.7. The Bertz CT molecular complexity index is 85.1.